The molecule has 1 aliphatic heterocycles. The van der Waals surface area contributed by atoms with Crippen LogP contribution in [-0.4, -0.2) is 130 Å². The van der Waals surface area contributed by atoms with Crippen molar-refractivity contribution in [3.63, 3.8) is 0 Å². The van der Waals surface area contributed by atoms with Gasteiger partial charge in [0.1, 0.15) is 31.0 Å². The highest BCUT2D eigenvalue weighted by Crippen LogP contribution is 2.44. The number of hydrogen-bond donors (Lipinski definition) is 0. The van der Waals surface area contributed by atoms with Gasteiger partial charge in [0.2, 0.25) is 0 Å². The number of ether oxygens (including phenoxy) is 13. The number of carbonyl (C=O) groups excluding carboxylic acids is 6. The van der Waals surface area contributed by atoms with Crippen LogP contribution >= 0.6 is 0 Å². The lowest BCUT2D eigenvalue weighted by Gasteiger charge is -2.45. The standard InChI is InChI=1S/C81H76O19/c1-54(65(94-76(84)60-40-22-8-23-41-60)53-93-75(83)59-38-20-7-21-39-59)67(96-77(85)61-42-24-9-25-43-61)73(98-79(87)63-46-28-11-29-47-63)80(88-2)99-68-64(51-92-74(82)58-36-18-6-19-37-58)69(68)100-81-72(91-50-57-34-16-5-17-35-57)71(90-49-56-32-14-4-15-33-56)70(97-78(86)62-44-26-10-27-45-62)66(95-81)52-89-48-55-30-12-3-13-31-55/h3-47,54,64-73,80-81H,48-53H2,1-2H3/t54?,64?,65-,66?,67?,68?,69?,70?,71?,72?,73?,80?,81?/m1/s1. The lowest BCUT2D eigenvalue weighted by Crippen LogP contribution is -2.62. The Kier molecular flexibility index (Phi) is 25.4. The minimum absolute atomic E-state index is 0.00818. The molecule has 2 fully saturated rings. The van der Waals surface area contributed by atoms with Crippen LogP contribution in [0.2, 0.25) is 0 Å². The second kappa shape index (κ2) is 35.9. The summed E-state index contributed by atoms with van der Waals surface area (Å²) in [6, 6.07) is 77.6. The molecule has 0 bridgehead atoms. The average Bonchev–Trinajstić information content (AvgIpc) is 1.56. The summed E-state index contributed by atoms with van der Waals surface area (Å²) in [7, 11) is 1.29. The zero-order chi connectivity index (χ0) is 69.4. The Morgan fingerprint density at radius 3 is 1.21 bits per heavy atom. The molecule has 19 heteroatoms. The monoisotopic (exact) mass is 1350 g/mol. The van der Waals surface area contributed by atoms with Gasteiger partial charge in [0.15, 0.2) is 30.9 Å². The molecule has 1 saturated heterocycles. The molecule has 12 unspecified atom stereocenters. The largest absolute Gasteiger partial charge is 0.462 e. The van der Waals surface area contributed by atoms with Crippen molar-refractivity contribution in [3.8, 4) is 0 Å². The molecule has 1 saturated carbocycles. The van der Waals surface area contributed by atoms with E-state index in [1.807, 2.05) is 91.0 Å². The van der Waals surface area contributed by atoms with Crippen molar-refractivity contribution in [1.82, 2.24) is 0 Å². The maximum atomic E-state index is 14.8. The molecule has 9 aromatic rings. The SMILES string of the molecule is COC(OC1C(COC(=O)c2ccccc2)C1OC1OC(COCc2ccccc2)C(OC(=O)c2ccccc2)C(OCc2ccccc2)C1OCc1ccccc1)C(OC(=O)c1ccccc1)C(OC(=O)c1ccccc1)C(C)[C@@H](COC(=O)c1ccccc1)OC(=O)c1ccccc1. The van der Waals surface area contributed by atoms with Crippen LogP contribution in [0.25, 0.3) is 0 Å². The van der Waals surface area contributed by atoms with E-state index in [1.165, 1.54) is 31.4 Å². The van der Waals surface area contributed by atoms with Crippen molar-refractivity contribution in [2.24, 2.45) is 11.8 Å². The van der Waals surface area contributed by atoms with Gasteiger partial charge in [-0.3, -0.25) is 0 Å². The summed E-state index contributed by atoms with van der Waals surface area (Å²) in [6.45, 7) is 0.644. The number of hydrogen-bond acceptors (Lipinski definition) is 19. The lowest BCUT2D eigenvalue weighted by atomic mass is 9.92. The molecule has 1 heterocycles. The molecule has 0 amide bonds. The maximum absolute atomic E-state index is 14.8. The van der Waals surface area contributed by atoms with Gasteiger partial charge >= 0.3 is 35.8 Å². The second-order valence-corrected chi connectivity index (χ2v) is 23.8. The molecule has 2 aliphatic rings. The van der Waals surface area contributed by atoms with Gasteiger partial charge in [-0.2, -0.15) is 0 Å². The van der Waals surface area contributed by atoms with E-state index < -0.39 is 122 Å². The van der Waals surface area contributed by atoms with E-state index in [0.29, 0.717) is 0 Å². The molecule has 0 N–H and O–H groups in total. The first-order chi connectivity index (χ1) is 49.0. The smallest absolute Gasteiger partial charge is 0.338 e. The fourth-order valence-electron chi connectivity index (χ4n) is 11.4. The van der Waals surface area contributed by atoms with Gasteiger partial charge < -0.3 is 61.6 Å². The van der Waals surface area contributed by atoms with Gasteiger partial charge in [0, 0.05) is 13.0 Å². The van der Waals surface area contributed by atoms with Crippen LogP contribution in [0.4, 0.5) is 0 Å². The molecule has 100 heavy (non-hydrogen) atoms. The molecule has 0 spiro atoms. The predicted octanol–water partition coefficient (Wildman–Crippen LogP) is 12.7. The van der Waals surface area contributed by atoms with E-state index in [2.05, 4.69) is 0 Å². The molecule has 11 rings (SSSR count). The third kappa shape index (κ3) is 19.5. The lowest BCUT2D eigenvalue weighted by molar-refractivity contribution is -0.326. The summed E-state index contributed by atoms with van der Waals surface area (Å²) in [5.41, 5.74) is 3.47. The number of esters is 6. The zero-order valence-corrected chi connectivity index (χ0v) is 55.0. The second-order valence-electron chi connectivity index (χ2n) is 23.8. The maximum Gasteiger partial charge on any atom is 0.338 e. The van der Waals surface area contributed by atoms with E-state index in [9.17, 15) is 28.8 Å². The Morgan fingerprint density at radius 1 is 0.380 bits per heavy atom. The Hall–Kier alpha value is -10.5. The van der Waals surface area contributed by atoms with Crippen LogP contribution in [0.15, 0.2) is 273 Å². The first-order valence-corrected chi connectivity index (χ1v) is 32.9. The third-order valence-corrected chi connectivity index (χ3v) is 16.9. The van der Waals surface area contributed by atoms with E-state index in [-0.39, 0.29) is 66.4 Å². The summed E-state index contributed by atoms with van der Waals surface area (Å²) < 4.78 is 85.7. The minimum atomic E-state index is -1.79. The van der Waals surface area contributed by atoms with Crippen molar-refractivity contribution in [2.45, 2.75) is 94.3 Å². The van der Waals surface area contributed by atoms with Crippen LogP contribution in [-0.2, 0) is 81.4 Å². The molecule has 0 aromatic heterocycles. The van der Waals surface area contributed by atoms with Crippen LogP contribution in [0.3, 0.4) is 0 Å². The molecular weight excluding hydrogens is 1280 g/mol. The highest BCUT2D eigenvalue weighted by Gasteiger charge is 2.60. The van der Waals surface area contributed by atoms with E-state index in [1.54, 1.807) is 165 Å². The Labute approximate surface area is 579 Å². The molecule has 9 aromatic carbocycles. The third-order valence-electron chi connectivity index (χ3n) is 16.9. The number of carbonyl (C=O) groups is 6. The van der Waals surface area contributed by atoms with Gasteiger partial charge in [-0.05, 0) is 89.5 Å². The number of benzene rings is 9. The fraction of sp³-hybridized carbons (Fsp3) is 0.259. The topological polar surface area (TPSA) is 222 Å². The number of rotatable bonds is 33. The fourth-order valence-corrected chi connectivity index (χ4v) is 11.4. The minimum Gasteiger partial charge on any atom is -0.462 e. The summed E-state index contributed by atoms with van der Waals surface area (Å²) in [5, 5.41) is 0. The van der Waals surface area contributed by atoms with Gasteiger partial charge in [-0.1, -0.05) is 207 Å². The van der Waals surface area contributed by atoms with E-state index in [4.69, 9.17) is 61.6 Å². The molecule has 1 aliphatic carbocycles. The van der Waals surface area contributed by atoms with Crippen molar-refractivity contribution >= 4 is 35.8 Å². The van der Waals surface area contributed by atoms with Gasteiger partial charge in [0.05, 0.1) is 84.5 Å². The van der Waals surface area contributed by atoms with Gasteiger partial charge in [0.25, 0.3) is 0 Å². The molecule has 514 valence electrons. The first kappa shape index (κ1) is 70.8. The van der Waals surface area contributed by atoms with Gasteiger partial charge in [-0.25, -0.2) is 28.8 Å². The zero-order valence-electron chi connectivity index (χ0n) is 55.0. The van der Waals surface area contributed by atoms with Crippen LogP contribution < -0.4 is 0 Å². The molecule has 13 atom stereocenters. The Morgan fingerprint density at radius 2 is 0.760 bits per heavy atom. The van der Waals surface area contributed by atoms with E-state index in [0.717, 1.165) is 16.7 Å². The molecular formula is C81H76O19. The van der Waals surface area contributed by atoms with Crippen molar-refractivity contribution in [1.29, 1.82) is 0 Å². The van der Waals surface area contributed by atoms with Crippen molar-refractivity contribution in [2.75, 3.05) is 26.9 Å². The number of methoxy groups -OCH3 is 1. The Bertz CT molecular complexity index is 4010. The van der Waals surface area contributed by atoms with Crippen LogP contribution in [0.1, 0.15) is 85.8 Å². The van der Waals surface area contributed by atoms with Gasteiger partial charge in [-0.15, -0.1) is 0 Å². The quantitative estimate of drug-likeness (QED) is 0.0212. The van der Waals surface area contributed by atoms with Crippen LogP contribution in [0.5, 0.6) is 0 Å². The van der Waals surface area contributed by atoms with E-state index >= 15 is 0 Å². The van der Waals surface area contributed by atoms with Crippen molar-refractivity contribution < 1.29 is 90.3 Å². The first-order valence-electron chi connectivity index (χ1n) is 32.9. The summed E-state index contributed by atoms with van der Waals surface area (Å²) in [5.74, 6) is -6.84. The highest BCUT2D eigenvalue weighted by molar-refractivity contribution is 5.92. The van der Waals surface area contributed by atoms with Crippen LogP contribution in [0, 0.1) is 11.8 Å². The normalized spacial score (nSPS) is 20.0. The molecule has 19 nitrogen and oxygen atoms in total. The summed E-state index contributed by atoms with van der Waals surface area (Å²) >= 11 is 0. The highest BCUT2D eigenvalue weighted by atomic mass is 16.8. The predicted molar refractivity (Wildman–Crippen MR) is 364 cm³/mol. The Balaban J connectivity index is 0.988. The summed E-state index contributed by atoms with van der Waals surface area (Å²) in [6.07, 6.45) is -15.0. The average molecular weight is 1350 g/mol. The summed E-state index contributed by atoms with van der Waals surface area (Å²) in [4.78, 5) is 86.0. The molecule has 0 radical (unpaired) electrons. The van der Waals surface area contributed by atoms with Crippen molar-refractivity contribution in [3.05, 3.63) is 323 Å².